The maximum absolute atomic E-state index is 13.8. The van der Waals surface area contributed by atoms with Crippen molar-refractivity contribution in [1.82, 2.24) is 5.32 Å². The van der Waals surface area contributed by atoms with Gasteiger partial charge in [-0.1, -0.05) is 12.1 Å². The Balaban J connectivity index is 2.10. The lowest BCUT2D eigenvalue weighted by Gasteiger charge is -2.16. The molecule has 25 heavy (non-hydrogen) atoms. The van der Waals surface area contributed by atoms with Gasteiger partial charge < -0.3 is 15.8 Å². The molecule has 0 aliphatic carbocycles. The van der Waals surface area contributed by atoms with Gasteiger partial charge >= 0.3 is 0 Å². The summed E-state index contributed by atoms with van der Waals surface area (Å²) in [6, 6.07) is 7.80. The molecule has 0 aliphatic rings. The van der Waals surface area contributed by atoms with Crippen LogP contribution in [0.4, 0.5) is 8.78 Å². The van der Waals surface area contributed by atoms with Gasteiger partial charge in [-0.05, 0) is 50.6 Å². The summed E-state index contributed by atoms with van der Waals surface area (Å²) in [7, 11) is 0. The van der Waals surface area contributed by atoms with Gasteiger partial charge in [0.2, 0.25) is 0 Å². The van der Waals surface area contributed by atoms with E-state index in [0.717, 1.165) is 24.1 Å². The molecule has 1 amide bonds. The predicted octanol–water partition coefficient (Wildman–Crippen LogP) is 3.49. The molecule has 4 nitrogen and oxygen atoms in total. The largest absolute Gasteiger partial charge is 0.493 e. The lowest BCUT2D eigenvalue weighted by molar-refractivity contribution is 0.0939. The molecule has 0 unspecified atom stereocenters. The maximum Gasteiger partial charge on any atom is 0.251 e. The third-order valence-corrected chi connectivity index (χ3v) is 3.83. The van der Waals surface area contributed by atoms with Crippen molar-refractivity contribution >= 4 is 5.91 Å². The van der Waals surface area contributed by atoms with Crippen molar-refractivity contribution < 1.29 is 18.3 Å². The number of benzene rings is 2. The molecule has 0 heterocycles. The summed E-state index contributed by atoms with van der Waals surface area (Å²) < 4.78 is 32.4. The fraction of sp³-hybridized carbons (Fsp3) is 0.316. The van der Waals surface area contributed by atoms with Crippen LogP contribution >= 0.6 is 0 Å². The summed E-state index contributed by atoms with van der Waals surface area (Å²) in [4.78, 5) is 12.4. The third-order valence-electron chi connectivity index (χ3n) is 3.83. The zero-order valence-electron chi connectivity index (χ0n) is 14.3. The lowest BCUT2D eigenvalue weighted by atomic mass is 10.1. The molecule has 0 fully saturated rings. The number of rotatable bonds is 7. The topological polar surface area (TPSA) is 64.3 Å². The van der Waals surface area contributed by atoms with Crippen LogP contribution in [-0.4, -0.2) is 19.1 Å². The van der Waals surface area contributed by atoms with Crippen LogP contribution in [0.3, 0.4) is 0 Å². The molecule has 0 aromatic heterocycles. The number of hydrogen-bond donors (Lipinski definition) is 2. The predicted molar refractivity (Wildman–Crippen MR) is 92.6 cm³/mol. The van der Waals surface area contributed by atoms with Gasteiger partial charge in [0.05, 0.1) is 12.6 Å². The Morgan fingerprint density at radius 3 is 2.68 bits per heavy atom. The second kappa shape index (κ2) is 8.58. The summed E-state index contributed by atoms with van der Waals surface area (Å²) in [5, 5.41) is 2.71. The van der Waals surface area contributed by atoms with Crippen LogP contribution in [-0.2, 0) is 0 Å². The van der Waals surface area contributed by atoms with Crippen molar-refractivity contribution in [2.75, 3.05) is 13.2 Å². The summed E-state index contributed by atoms with van der Waals surface area (Å²) in [6.07, 6.45) is 0.719. The maximum atomic E-state index is 13.8. The van der Waals surface area contributed by atoms with Crippen LogP contribution in [0, 0.1) is 18.6 Å². The first-order valence-corrected chi connectivity index (χ1v) is 8.11. The number of ether oxygens (including phenoxy) is 1. The van der Waals surface area contributed by atoms with Gasteiger partial charge in [-0.2, -0.15) is 0 Å². The van der Waals surface area contributed by atoms with Crippen molar-refractivity contribution in [3.63, 3.8) is 0 Å². The van der Waals surface area contributed by atoms with E-state index in [4.69, 9.17) is 10.5 Å². The molecule has 6 heteroatoms. The quantitative estimate of drug-likeness (QED) is 0.753. The van der Waals surface area contributed by atoms with Crippen LogP contribution in [0.2, 0.25) is 0 Å². The molecule has 0 spiro atoms. The molecule has 1 atom stereocenters. The van der Waals surface area contributed by atoms with E-state index in [1.165, 1.54) is 6.07 Å². The fourth-order valence-electron chi connectivity index (χ4n) is 2.37. The average molecular weight is 348 g/mol. The van der Waals surface area contributed by atoms with E-state index in [9.17, 15) is 13.6 Å². The Kier molecular flexibility index (Phi) is 6.47. The molecule has 0 bridgehead atoms. The minimum Gasteiger partial charge on any atom is -0.493 e. The Bertz CT molecular complexity index is 750. The van der Waals surface area contributed by atoms with E-state index in [2.05, 4.69) is 5.32 Å². The van der Waals surface area contributed by atoms with E-state index < -0.39 is 17.7 Å². The first-order valence-electron chi connectivity index (χ1n) is 8.11. The van der Waals surface area contributed by atoms with E-state index in [-0.39, 0.29) is 11.5 Å². The number of aryl methyl sites for hydroxylation is 1. The average Bonchev–Trinajstić information content (AvgIpc) is 2.56. The zero-order valence-corrected chi connectivity index (χ0v) is 14.3. The standard InChI is InChI=1S/C19H22F2N2O2/c1-12-4-5-14(10-18(12)25-9-3-8-22)19(24)23-13(2)16-7-6-15(20)11-17(16)21/h4-7,10-11,13H,3,8-9,22H2,1-2H3,(H,23,24)/t13-/m0/s1. The molecule has 0 aliphatic heterocycles. The number of hydrogen-bond acceptors (Lipinski definition) is 3. The SMILES string of the molecule is Cc1ccc(C(=O)N[C@@H](C)c2ccc(F)cc2F)cc1OCCCN. The van der Waals surface area contributed by atoms with Crippen LogP contribution < -0.4 is 15.8 Å². The van der Waals surface area contributed by atoms with Gasteiger partial charge in [-0.15, -0.1) is 0 Å². The number of nitrogens with two attached hydrogens (primary N) is 1. The highest BCUT2D eigenvalue weighted by molar-refractivity contribution is 5.95. The molecular formula is C19H22F2N2O2. The normalized spacial score (nSPS) is 11.9. The first kappa shape index (κ1) is 18.9. The first-order chi connectivity index (χ1) is 11.9. The molecule has 2 aromatic rings. The third kappa shape index (κ3) is 5.00. The van der Waals surface area contributed by atoms with Crippen LogP contribution in [0.15, 0.2) is 36.4 Å². The second-order valence-electron chi connectivity index (χ2n) is 5.83. The van der Waals surface area contributed by atoms with Gasteiger partial charge in [0.15, 0.2) is 0 Å². The van der Waals surface area contributed by atoms with Crippen molar-refractivity contribution in [2.24, 2.45) is 5.73 Å². The van der Waals surface area contributed by atoms with E-state index >= 15 is 0 Å². The summed E-state index contributed by atoms with van der Waals surface area (Å²) in [5.74, 6) is -1.10. The van der Waals surface area contributed by atoms with Crippen molar-refractivity contribution in [3.05, 3.63) is 64.7 Å². The molecular weight excluding hydrogens is 326 g/mol. The Morgan fingerprint density at radius 2 is 2.00 bits per heavy atom. The Hall–Kier alpha value is -2.47. The molecule has 0 saturated carbocycles. The second-order valence-corrected chi connectivity index (χ2v) is 5.83. The highest BCUT2D eigenvalue weighted by Gasteiger charge is 2.16. The van der Waals surface area contributed by atoms with Gasteiger partial charge in [-0.25, -0.2) is 8.78 Å². The van der Waals surface area contributed by atoms with Crippen molar-refractivity contribution in [3.8, 4) is 5.75 Å². The lowest BCUT2D eigenvalue weighted by Crippen LogP contribution is -2.27. The molecule has 134 valence electrons. The summed E-state index contributed by atoms with van der Waals surface area (Å²) in [6.45, 7) is 4.52. The van der Waals surface area contributed by atoms with Gasteiger partial charge in [-0.3, -0.25) is 4.79 Å². The number of carbonyl (C=O) groups excluding carboxylic acids is 1. The van der Waals surface area contributed by atoms with Crippen LogP contribution in [0.25, 0.3) is 0 Å². The van der Waals surface area contributed by atoms with E-state index in [0.29, 0.717) is 24.5 Å². The molecule has 2 aromatic carbocycles. The number of amides is 1. The van der Waals surface area contributed by atoms with Crippen molar-refractivity contribution in [1.29, 1.82) is 0 Å². The monoisotopic (exact) mass is 348 g/mol. The number of halogens is 2. The van der Waals surface area contributed by atoms with Gasteiger partial charge in [0, 0.05) is 17.2 Å². The minimum absolute atomic E-state index is 0.223. The van der Waals surface area contributed by atoms with Crippen molar-refractivity contribution in [2.45, 2.75) is 26.3 Å². The van der Waals surface area contributed by atoms with E-state index in [1.807, 2.05) is 6.92 Å². The Labute approximate surface area is 146 Å². The summed E-state index contributed by atoms with van der Waals surface area (Å²) >= 11 is 0. The highest BCUT2D eigenvalue weighted by Crippen LogP contribution is 2.22. The number of carbonyl (C=O) groups is 1. The molecule has 0 saturated heterocycles. The van der Waals surface area contributed by atoms with Gasteiger partial charge in [0.25, 0.3) is 5.91 Å². The summed E-state index contributed by atoms with van der Waals surface area (Å²) in [5.41, 5.74) is 6.98. The minimum atomic E-state index is -0.692. The van der Waals surface area contributed by atoms with Gasteiger partial charge in [0.1, 0.15) is 17.4 Å². The highest BCUT2D eigenvalue weighted by atomic mass is 19.1. The van der Waals surface area contributed by atoms with Crippen LogP contribution in [0.5, 0.6) is 5.75 Å². The van der Waals surface area contributed by atoms with E-state index in [1.54, 1.807) is 25.1 Å². The molecule has 2 rings (SSSR count). The fourth-order valence-corrected chi connectivity index (χ4v) is 2.37. The zero-order chi connectivity index (χ0) is 18.4. The van der Waals surface area contributed by atoms with Crippen LogP contribution in [0.1, 0.15) is 40.9 Å². The number of nitrogens with one attached hydrogen (secondary N) is 1. The molecule has 3 N–H and O–H groups in total. The Morgan fingerprint density at radius 1 is 1.24 bits per heavy atom. The molecule has 0 radical (unpaired) electrons. The smallest absolute Gasteiger partial charge is 0.251 e.